The summed E-state index contributed by atoms with van der Waals surface area (Å²) in [5, 5.41) is 3.02. The number of likely N-dealkylation sites (N-methyl/N-ethyl adjacent to an activating group) is 1. The lowest BCUT2D eigenvalue weighted by atomic mass is 9.95. The number of rotatable bonds is 1. The Balaban J connectivity index is 1.33. The smallest absolute Gasteiger partial charge is 0.319 e. The van der Waals surface area contributed by atoms with E-state index in [1.165, 1.54) is 4.90 Å². The second-order valence-corrected chi connectivity index (χ2v) is 11.6. The molecule has 2 fully saturated rings. The van der Waals surface area contributed by atoms with Crippen molar-refractivity contribution in [1.29, 1.82) is 0 Å². The highest BCUT2D eigenvalue weighted by Crippen LogP contribution is 2.29. The minimum absolute atomic E-state index is 0.0144. The van der Waals surface area contributed by atoms with Crippen LogP contribution in [-0.2, 0) is 20.9 Å². The van der Waals surface area contributed by atoms with Gasteiger partial charge in [-0.25, -0.2) is 4.79 Å². The first-order chi connectivity index (χ1) is 20.1. The Kier molecular flexibility index (Phi) is 8.67. The van der Waals surface area contributed by atoms with Gasteiger partial charge in [0.15, 0.2) is 0 Å². The molecule has 0 unspecified atom stereocenters. The van der Waals surface area contributed by atoms with Crippen LogP contribution >= 0.6 is 0 Å². The molecule has 1 N–H and O–H groups in total. The second kappa shape index (κ2) is 12.4. The zero-order valence-corrected chi connectivity index (χ0v) is 24.7. The van der Waals surface area contributed by atoms with E-state index >= 15 is 0 Å². The number of benzene rings is 2. The van der Waals surface area contributed by atoms with Gasteiger partial charge in [-0.05, 0) is 55.2 Å². The fourth-order valence-electron chi connectivity index (χ4n) is 5.75. The van der Waals surface area contributed by atoms with Gasteiger partial charge in [0, 0.05) is 58.8 Å². The zero-order valence-electron chi connectivity index (χ0n) is 24.7. The van der Waals surface area contributed by atoms with E-state index in [4.69, 9.17) is 9.47 Å². The van der Waals surface area contributed by atoms with Crippen molar-refractivity contribution in [2.45, 2.75) is 38.5 Å². The Hall–Kier alpha value is -4.12. The van der Waals surface area contributed by atoms with Gasteiger partial charge in [0.2, 0.25) is 11.8 Å². The second-order valence-electron chi connectivity index (χ2n) is 11.6. The Labute approximate surface area is 246 Å². The maximum atomic E-state index is 13.5. The van der Waals surface area contributed by atoms with E-state index in [9.17, 15) is 19.2 Å². The molecule has 11 heteroatoms. The third kappa shape index (κ3) is 6.51. The standard InChI is InChI=1S/C31H39N5O6/c1-20-8-9-23-15-26(20)42-24-7-5-6-21(14-24)19-41-27-17-36(16-25(27)32-28(37)18-34(4)29(23)38)30(39)22-10-12-35(13-11-22)31(40)33(2)3/h5-9,14-15,22,25,27H,10-13,16-19H2,1-4H3,(H,32,37)/t25-,27-/m0/s1. The van der Waals surface area contributed by atoms with Gasteiger partial charge in [-0.15, -0.1) is 0 Å². The zero-order chi connectivity index (χ0) is 30.0. The third-order valence-corrected chi connectivity index (χ3v) is 8.17. The summed E-state index contributed by atoms with van der Waals surface area (Å²) >= 11 is 0. The van der Waals surface area contributed by atoms with Crippen LogP contribution in [0.5, 0.6) is 11.5 Å². The molecule has 2 atom stereocenters. The molecule has 2 aromatic rings. The van der Waals surface area contributed by atoms with Crippen molar-refractivity contribution >= 4 is 23.8 Å². The Morgan fingerprint density at radius 2 is 1.76 bits per heavy atom. The number of aryl methyl sites for hydroxylation is 1. The molecule has 3 aliphatic rings. The number of amides is 5. The minimum atomic E-state index is -0.432. The molecule has 2 aromatic carbocycles. The maximum absolute atomic E-state index is 13.5. The number of likely N-dealkylation sites (tertiary alicyclic amines) is 2. The maximum Gasteiger partial charge on any atom is 0.319 e. The van der Waals surface area contributed by atoms with Gasteiger partial charge < -0.3 is 34.4 Å². The van der Waals surface area contributed by atoms with Crippen molar-refractivity contribution in [3.05, 3.63) is 59.2 Å². The van der Waals surface area contributed by atoms with Gasteiger partial charge in [0.05, 0.1) is 25.3 Å². The van der Waals surface area contributed by atoms with Crippen molar-refractivity contribution in [2.24, 2.45) is 5.92 Å². The van der Waals surface area contributed by atoms with Crippen molar-refractivity contribution < 1.29 is 28.7 Å². The fourth-order valence-corrected chi connectivity index (χ4v) is 5.75. The number of fused-ring (bicyclic) bond motifs is 5. The summed E-state index contributed by atoms with van der Waals surface area (Å²) in [7, 11) is 5.03. The largest absolute Gasteiger partial charge is 0.457 e. The van der Waals surface area contributed by atoms with Crippen molar-refractivity contribution in [2.75, 3.05) is 53.9 Å². The van der Waals surface area contributed by atoms with E-state index in [0.717, 1.165) is 11.1 Å². The summed E-state index contributed by atoms with van der Waals surface area (Å²) in [5.74, 6) is 0.379. The molecule has 0 radical (unpaired) electrons. The SMILES string of the molecule is Cc1ccc2cc1Oc1cccc(c1)CO[C@H]1CN(C(=O)C3CCN(C(=O)N(C)C)CC3)C[C@@H]1NC(=O)CN(C)C2=O. The van der Waals surface area contributed by atoms with E-state index < -0.39 is 12.1 Å². The van der Waals surface area contributed by atoms with Crippen LogP contribution < -0.4 is 10.1 Å². The average molecular weight is 578 g/mol. The summed E-state index contributed by atoms with van der Waals surface area (Å²) in [6.07, 6.45) is 0.760. The summed E-state index contributed by atoms with van der Waals surface area (Å²) in [6, 6.07) is 12.3. The van der Waals surface area contributed by atoms with Gasteiger partial charge in [0.1, 0.15) is 11.5 Å². The van der Waals surface area contributed by atoms with Crippen LogP contribution in [0.4, 0.5) is 4.79 Å². The van der Waals surface area contributed by atoms with Crippen LogP contribution in [0.3, 0.4) is 0 Å². The summed E-state index contributed by atoms with van der Waals surface area (Å²) in [4.78, 5) is 58.6. The molecular weight excluding hydrogens is 538 g/mol. The normalized spacial score (nSPS) is 21.9. The van der Waals surface area contributed by atoms with Crippen molar-refractivity contribution in [3.8, 4) is 11.5 Å². The highest BCUT2D eigenvalue weighted by atomic mass is 16.5. The van der Waals surface area contributed by atoms with E-state index in [2.05, 4.69) is 5.32 Å². The quantitative estimate of drug-likeness (QED) is 0.558. The molecule has 42 heavy (non-hydrogen) atoms. The predicted molar refractivity (Wildman–Crippen MR) is 155 cm³/mol. The first-order valence-corrected chi connectivity index (χ1v) is 14.4. The lowest BCUT2D eigenvalue weighted by Crippen LogP contribution is -2.48. The monoisotopic (exact) mass is 577 g/mol. The highest BCUT2D eigenvalue weighted by Gasteiger charge is 2.40. The molecule has 0 saturated carbocycles. The average Bonchev–Trinajstić information content (AvgIpc) is 3.38. The van der Waals surface area contributed by atoms with Crippen LogP contribution in [0.1, 0.15) is 34.3 Å². The molecule has 224 valence electrons. The lowest BCUT2D eigenvalue weighted by molar-refractivity contribution is -0.136. The van der Waals surface area contributed by atoms with Crippen LogP contribution in [0.25, 0.3) is 0 Å². The molecule has 3 aliphatic heterocycles. The fraction of sp³-hybridized carbons (Fsp3) is 0.484. The number of carbonyl (C=O) groups excluding carboxylic acids is 4. The van der Waals surface area contributed by atoms with Crippen molar-refractivity contribution in [3.63, 3.8) is 0 Å². The van der Waals surface area contributed by atoms with Gasteiger partial charge >= 0.3 is 6.03 Å². The molecule has 5 rings (SSSR count). The van der Waals surface area contributed by atoms with E-state index in [1.807, 2.05) is 37.3 Å². The van der Waals surface area contributed by atoms with Gasteiger partial charge in [-0.2, -0.15) is 0 Å². The van der Waals surface area contributed by atoms with E-state index in [-0.39, 0.29) is 42.8 Å². The molecule has 3 heterocycles. The number of urea groups is 1. The Bertz CT molecular complexity index is 1360. The number of piperidine rings is 1. The topological polar surface area (TPSA) is 112 Å². The summed E-state index contributed by atoms with van der Waals surface area (Å²) in [5.41, 5.74) is 2.19. The van der Waals surface area contributed by atoms with Crippen LogP contribution in [0, 0.1) is 12.8 Å². The Morgan fingerprint density at radius 3 is 2.50 bits per heavy atom. The number of nitrogens with zero attached hydrogens (tertiary/aromatic N) is 4. The molecule has 11 nitrogen and oxygen atoms in total. The van der Waals surface area contributed by atoms with Gasteiger partial charge in [-0.1, -0.05) is 18.2 Å². The molecule has 4 bridgehead atoms. The van der Waals surface area contributed by atoms with Crippen LogP contribution in [0.15, 0.2) is 42.5 Å². The number of hydrogen-bond donors (Lipinski definition) is 1. The molecular formula is C31H39N5O6. The number of carbonyl (C=O) groups is 4. The van der Waals surface area contributed by atoms with Crippen LogP contribution in [0.2, 0.25) is 0 Å². The number of nitrogens with one attached hydrogen (secondary N) is 1. The highest BCUT2D eigenvalue weighted by molar-refractivity contribution is 5.96. The number of ether oxygens (including phenoxy) is 2. The van der Waals surface area contributed by atoms with Crippen LogP contribution in [-0.4, -0.2) is 109 Å². The molecule has 2 saturated heterocycles. The first-order valence-electron chi connectivity index (χ1n) is 14.4. The summed E-state index contributed by atoms with van der Waals surface area (Å²) < 4.78 is 12.5. The first kappa shape index (κ1) is 29.4. The van der Waals surface area contributed by atoms with E-state index in [0.29, 0.717) is 56.1 Å². The predicted octanol–water partition coefficient (Wildman–Crippen LogP) is 2.48. The third-order valence-electron chi connectivity index (χ3n) is 8.17. The van der Waals surface area contributed by atoms with Gasteiger partial charge in [-0.3, -0.25) is 14.4 Å². The molecule has 0 spiro atoms. The Morgan fingerprint density at radius 1 is 1.00 bits per heavy atom. The minimum Gasteiger partial charge on any atom is -0.457 e. The lowest BCUT2D eigenvalue weighted by Gasteiger charge is -2.34. The molecule has 0 aliphatic carbocycles. The van der Waals surface area contributed by atoms with E-state index in [1.54, 1.807) is 48.0 Å². The molecule has 5 amide bonds. The molecule has 0 aromatic heterocycles. The summed E-state index contributed by atoms with van der Waals surface area (Å²) in [6.45, 7) is 3.76. The van der Waals surface area contributed by atoms with Gasteiger partial charge in [0.25, 0.3) is 5.91 Å². The van der Waals surface area contributed by atoms with Crippen molar-refractivity contribution in [1.82, 2.24) is 24.9 Å². The number of hydrogen-bond acceptors (Lipinski definition) is 6.